The van der Waals surface area contributed by atoms with Gasteiger partial charge in [0.1, 0.15) is 11.3 Å². The number of aryl methyl sites for hydroxylation is 2. The van der Waals surface area contributed by atoms with E-state index < -0.39 is 0 Å². The van der Waals surface area contributed by atoms with Crippen molar-refractivity contribution in [3.8, 4) is 0 Å². The Morgan fingerprint density at radius 3 is 2.50 bits per heavy atom. The van der Waals surface area contributed by atoms with E-state index in [2.05, 4.69) is 22.0 Å². The molecule has 3 rings (SSSR count). The summed E-state index contributed by atoms with van der Waals surface area (Å²) < 4.78 is 10.7. The number of rotatable bonds is 6. The third kappa shape index (κ3) is 4.64. The zero-order valence-corrected chi connectivity index (χ0v) is 16.4. The summed E-state index contributed by atoms with van der Waals surface area (Å²) in [5, 5.41) is 3.97. The van der Waals surface area contributed by atoms with Gasteiger partial charge in [0.15, 0.2) is 0 Å². The minimum Gasteiger partial charge on any atom is -0.381 e. The van der Waals surface area contributed by atoms with Crippen LogP contribution in [0.3, 0.4) is 0 Å². The van der Waals surface area contributed by atoms with Gasteiger partial charge in [-0.1, -0.05) is 5.16 Å². The van der Waals surface area contributed by atoms with E-state index in [0.29, 0.717) is 17.0 Å². The molecule has 1 amide bonds. The van der Waals surface area contributed by atoms with Gasteiger partial charge >= 0.3 is 0 Å². The molecule has 2 aliphatic rings. The first kappa shape index (κ1) is 19.3. The predicted molar refractivity (Wildman–Crippen MR) is 99.4 cm³/mol. The molecule has 1 aromatic rings. The first-order valence-corrected chi connectivity index (χ1v) is 9.78. The maximum Gasteiger partial charge on any atom is 0.259 e. The van der Waals surface area contributed by atoms with Gasteiger partial charge in [0.05, 0.1) is 5.69 Å². The Morgan fingerprint density at radius 2 is 1.88 bits per heavy atom. The van der Waals surface area contributed by atoms with Crippen LogP contribution in [0.2, 0.25) is 0 Å². The number of aromatic nitrogens is 1. The largest absolute Gasteiger partial charge is 0.381 e. The number of carbonyl (C=O) groups is 1. The van der Waals surface area contributed by atoms with E-state index >= 15 is 0 Å². The Morgan fingerprint density at radius 1 is 1.19 bits per heavy atom. The second-order valence-electron chi connectivity index (χ2n) is 7.54. The van der Waals surface area contributed by atoms with Crippen LogP contribution in [0, 0.1) is 13.8 Å². The second-order valence-corrected chi connectivity index (χ2v) is 7.54. The molecule has 0 aliphatic carbocycles. The smallest absolute Gasteiger partial charge is 0.259 e. The lowest BCUT2D eigenvalue weighted by Gasteiger charge is -2.36. The van der Waals surface area contributed by atoms with Crippen LogP contribution in [0.4, 0.5) is 0 Å². The molecule has 0 bridgehead atoms. The average molecular weight is 364 g/mol. The molecule has 7 nitrogen and oxygen atoms in total. The van der Waals surface area contributed by atoms with Crippen LogP contribution in [0.25, 0.3) is 0 Å². The highest BCUT2D eigenvalue weighted by Crippen LogP contribution is 2.21. The summed E-state index contributed by atoms with van der Waals surface area (Å²) in [7, 11) is 2.17. The van der Waals surface area contributed by atoms with Crippen molar-refractivity contribution in [2.24, 2.45) is 0 Å². The van der Waals surface area contributed by atoms with E-state index in [1.54, 1.807) is 0 Å². The van der Waals surface area contributed by atoms with E-state index in [1.165, 1.54) is 0 Å². The number of nitrogens with zero attached hydrogens (tertiary/aromatic N) is 4. The molecule has 26 heavy (non-hydrogen) atoms. The van der Waals surface area contributed by atoms with Crippen LogP contribution < -0.4 is 0 Å². The molecular weight excluding hydrogens is 332 g/mol. The van der Waals surface area contributed by atoms with Gasteiger partial charge in [-0.15, -0.1) is 0 Å². The summed E-state index contributed by atoms with van der Waals surface area (Å²) in [5.41, 5.74) is 1.32. The van der Waals surface area contributed by atoms with E-state index in [4.69, 9.17) is 9.26 Å². The number of amides is 1. The normalized spacial score (nSPS) is 20.4. The van der Waals surface area contributed by atoms with Gasteiger partial charge in [-0.2, -0.15) is 0 Å². The summed E-state index contributed by atoms with van der Waals surface area (Å²) in [6, 6.07) is 0.248. The molecule has 0 N–H and O–H groups in total. The van der Waals surface area contributed by atoms with Crippen LogP contribution in [0.15, 0.2) is 4.52 Å². The molecule has 2 fully saturated rings. The second kappa shape index (κ2) is 8.97. The van der Waals surface area contributed by atoms with Crippen LogP contribution in [0.1, 0.15) is 41.1 Å². The Hall–Kier alpha value is -1.44. The Kier molecular flexibility index (Phi) is 6.67. The van der Waals surface area contributed by atoms with Gasteiger partial charge in [0.25, 0.3) is 5.91 Å². The molecular formula is C19H32N4O3. The van der Waals surface area contributed by atoms with Crippen molar-refractivity contribution in [2.75, 3.05) is 59.5 Å². The van der Waals surface area contributed by atoms with E-state index in [1.807, 2.05) is 18.7 Å². The van der Waals surface area contributed by atoms with Crippen molar-refractivity contribution in [3.05, 3.63) is 17.0 Å². The zero-order chi connectivity index (χ0) is 18.5. The quantitative estimate of drug-likeness (QED) is 0.763. The van der Waals surface area contributed by atoms with Gasteiger partial charge in [-0.05, 0) is 46.7 Å². The molecule has 0 aromatic carbocycles. The van der Waals surface area contributed by atoms with Gasteiger partial charge in [0.2, 0.25) is 0 Å². The molecule has 7 heteroatoms. The summed E-state index contributed by atoms with van der Waals surface area (Å²) in [4.78, 5) is 20.2. The Labute approximate surface area is 156 Å². The van der Waals surface area contributed by atoms with Crippen molar-refractivity contribution < 1.29 is 14.1 Å². The molecule has 0 radical (unpaired) electrons. The molecule has 0 atom stereocenters. The molecule has 3 heterocycles. The van der Waals surface area contributed by atoms with Crippen LogP contribution in [0.5, 0.6) is 0 Å². The number of piperazine rings is 1. The minimum absolute atomic E-state index is 0.0616. The fourth-order valence-electron chi connectivity index (χ4n) is 3.91. The van der Waals surface area contributed by atoms with E-state index in [0.717, 1.165) is 71.7 Å². The van der Waals surface area contributed by atoms with E-state index in [-0.39, 0.29) is 11.9 Å². The lowest BCUT2D eigenvalue weighted by atomic mass is 10.0. The number of carbonyl (C=O) groups excluding carboxylic acids is 1. The fourth-order valence-corrected chi connectivity index (χ4v) is 3.91. The molecule has 1 aromatic heterocycles. The highest BCUT2D eigenvalue weighted by atomic mass is 16.5. The first-order valence-electron chi connectivity index (χ1n) is 9.78. The van der Waals surface area contributed by atoms with Crippen molar-refractivity contribution in [1.82, 2.24) is 19.9 Å². The van der Waals surface area contributed by atoms with E-state index in [9.17, 15) is 4.79 Å². The Balaban J connectivity index is 1.62. The first-order chi connectivity index (χ1) is 12.6. The highest BCUT2D eigenvalue weighted by molar-refractivity contribution is 5.96. The van der Waals surface area contributed by atoms with Gasteiger partial charge in [-0.3, -0.25) is 4.79 Å². The number of hydrogen-bond acceptors (Lipinski definition) is 6. The lowest BCUT2D eigenvalue weighted by molar-refractivity contribution is 0.0275. The molecule has 0 saturated carbocycles. The van der Waals surface area contributed by atoms with Crippen LogP contribution >= 0.6 is 0 Å². The molecule has 2 saturated heterocycles. The highest BCUT2D eigenvalue weighted by Gasteiger charge is 2.30. The standard InChI is InChI=1S/C19H32N4O3/c1-15-18(16(2)26-20-15)19(24)23(17-5-13-25-14-6-17)8-4-7-22-11-9-21(3)10-12-22/h17H,4-14H2,1-3H3. The molecule has 146 valence electrons. The topological polar surface area (TPSA) is 62.1 Å². The number of likely N-dealkylation sites (N-methyl/N-ethyl adjacent to an activating group) is 1. The SMILES string of the molecule is Cc1noc(C)c1C(=O)N(CCCN1CCN(C)CC1)C1CCOCC1. The Bertz CT molecular complexity index is 570. The number of ether oxygens (including phenoxy) is 1. The summed E-state index contributed by atoms with van der Waals surface area (Å²) in [5.74, 6) is 0.676. The average Bonchev–Trinajstić information content (AvgIpc) is 2.99. The third-order valence-corrected chi connectivity index (χ3v) is 5.61. The minimum atomic E-state index is 0.0616. The van der Waals surface area contributed by atoms with Crippen LogP contribution in [-0.4, -0.2) is 91.3 Å². The summed E-state index contributed by atoms with van der Waals surface area (Å²) >= 11 is 0. The zero-order valence-electron chi connectivity index (χ0n) is 16.4. The number of hydrogen-bond donors (Lipinski definition) is 0. The van der Waals surface area contributed by atoms with Crippen molar-refractivity contribution in [2.45, 2.75) is 39.2 Å². The summed E-state index contributed by atoms with van der Waals surface area (Å²) in [6.45, 7) is 11.4. The summed E-state index contributed by atoms with van der Waals surface area (Å²) in [6.07, 6.45) is 2.81. The van der Waals surface area contributed by atoms with Crippen molar-refractivity contribution >= 4 is 5.91 Å². The van der Waals surface area contributed by atoms with Gasteiger partial charge < -0.3 is 24.0 Å². The molecule has 0 unspecified atom stereocenters. The monoisotopic (exact) mass is 364 g/mol. The van der Waals surface area contributed by atoms with Crippen molar-refractivity contribution in [1.29, 1.82) is 0 Å². The van der Waals surface area contributed by atoms with Crippen molar-refractivity contribution in [3.63, 3.8) is 0 Å². The van der Waals surface area contributed by atoms with Crippen LogP contribution in [-0.2, 0) is 4.74 Å². The third-order valence-electron chi connectivity index (χ3n) is 5.61. The van der Waals surface area contributed by atoms with Gasteiger partial charge in [0, 0.05) is 52.0 Å². The molecule has 0 spiro atoms. The maximum atomic E-state index is 13.2. The maximum absolute atomic E-state index is 13.2. The van der Waals surface area contributed by atoms with Gasteiger partial charge in [-0.25, -0.2) is 0 Å². The molecule has 2 aliphatic heterocycles. The lowest BCUT2D eigenvalue weighted by Crippen LogP contribution is -2.47. The fraction of sp³-hybridized carbons (Fsp3) is 0.789. The predicted octanol–water partition coefficient (Wildman–Crippen LogP) is 1.55.